The van der Waals surface area contributed by atoms with E-state index >= 15 is 0 Å². The molecule has 0 radical (unpaired) electrons. The van der Waals surface area contributed by atoms with E-state index in [4.69, 9.17) is 29.9 Å². The molecule has 0 unspecified atom stereocenters. The zero-order chi connectivity index (χ0) is 71.3. The van der Waals surface area contributed by atoms with Gasteiger partial charge in [-0.15, -0.1) is 118 Å². The van der Waals surface area contributed by atoms with Crippen molar-refractivity contribution >= 4 is 22.7 Å². The van der Waals surface area contributed by atoms with E-state index in [-0.39, 0.29) is 90.3 Å². The smallest absolute Gasteiger partial charge is 0.144 e. The van der Waals surface area contributed by atoms with Crippen LogP contribution in [0.1, 0.15) is 187 Å². The first-order valence-corrected chi connectivity index (χ1v) is 38.8. The van der Waals surface area contributed by atoms with Gasteiger partial charge in [-0.2, -0.15) is 11.3 Å². The first-order chi connectivity index (χ1) is 50.3. The number of aromatic nitrogens is 10. The Morgan fingerprint density at radius 3 is 1.30 bits per heavy atom. The topological polar surface area (TPSA) is 97.1 Å². The Balaban J connectivity index is 0.000000134. The van der Waals surface area contributed by atoms with Crippen LogP contribution in [0.5, 0.6) is 0 Å². The van der Waals surface area contributed by atoms with Crippen LogP contribution >= 0.6 is 22.7 Å². The number of aryl methyl sites for hydroxylation is 2. The van der Waals surface area contributed by atoms with E-state index in [1.165, 1.54) is 90.6 Å². The minimum Gasteiger partial charge on any atom is -0.373 e. The summed E-state index contributed by atoms with van der Waals surface area (Å²) in [5.41, 5.74) is 21.4. The van der Waals surface area contributed by atoms with Gasteiger partial charge < -0.3 is 13.7 Å². The predicted octanol–water partition coefficient (Wildman–Crippen LogP) is 22.0. The summed E-state index contributed by atoms with van der Waals surface area (Å²) in [4.78, 5) is 31.4. The van der Waals surface area contributed by atoms with Crippen LogP contribution in [0.25, 0.3) is 78.1 Å². The second kappa shape index (κ2) is 29.7. The number of imidazole rings is 4. The molecule has 14 aromatic rings. The molecule has 10 nitrogen and oxygen atoms in total. The predicted molar refractivity (Wildman–Crippen MR) is 423 cm³/mol. The molecule has 5 aliphatic rings. The van der Waals surface area contributed by atoms with E-state index in [9.17, 15) is 0 Å². The number of rotatable bonds is 2. The number of fused-ring (bicyclic) bond motifs is 34. The van der Waals surface area contributed by atoms with Crippen molar-refractivity contribution < 1.29 is 63.2 Å². The van der Waals surface area contributed by atoms with E-state index in [0.29, 0.717) is 0 Å². The van der Waals surface area contributed by atoms with Crippen LogP contribution in [0.2, 0.25) is 0 Å². The Morgan fingerprint density at radius 1 is 0.318 bits per heavy atom. The van der Waals surface area contributed by atoms with Crippen LogP contribution in [0.15, 0.2) is 224 Å². The van der Waals surface area contributed by atoms with Gasteiger partial charge in [-0.1, -0.05) is 185 Å². The van der Waals surface area contributed by atoms with Crippen molar-refractivity contribution in [3.63, 3.8) is 0 Å². The molecule has 0 atom stereocenters. The maximum absolute atomic E-state index is 5.34. The van der Waals surface area contributed by atoms with Gasteiger partial charge in [0.2, 0.25) is 0 Å². The molecular formula is C92H87N10Pt3S2-3. The first kappa shape index (κ1) is 75.7. The van der Waals surface area contributed by atoms with Crippen LogP contribution in [0, 0.1) is 18.2 Å². The molecule has 24 bridgehead atoms. The van der Waals surface area contributed by atoms with Crippen molar-refractivity contribution in [2.24, 2.45) is 14.1 Å². The van der Waals surface area contributed by atoms with E-state index in [1.54, 1.807) is 11.3 Å². The molecule has 9 heterocycles. The summed E-state index contributed by atoms with van der Waals surface area (Å²) in [6.07, 6.45) is 21.0. The maximum atomic E-state index is 5.34. The van der Waals surface area contributed by atoms with Crippen molar-refractivity contribution in [3.05, 3.63) is 309 Å². The molecule has 2 aliphatic carbocycles. The fourth-order valence-corrected chi connectivity index (χ4v) is 18.5. The van der Waals surface area contributed by atoms with Gasteiger partial charge in [-0.05, 0) is 84.8 Å². The molecule has 19 rings (SSSR count). The van der Waals surface area contributed by atoms with Crippen molar-refractivity contribution in [2.75, 3.05) is 0 Å². The molecule has 0 amide bonds. The van der Waals surface area contributed by atoms with Crippen LogP contribution in [-0.4, -0.2) is 48.2 Å². The number of para-hydroxylation sites is 2. The van der Waals surface area contributed by atoms with E-state index in [2.05, 4.69) is 317 Å². The molecule has 107 heavy (non-hydrogen) atoms. The van der Waals surface area contributed by atoms with Crippen molar-refractivity contribution in [1.29, 1.82) is 0 Å². The standard InChI is InChI=1S/C36H31N4.C30H29N2S2.C26H27N4.3Pt/c1-35(2)27-15-11-13-25(21-27)34-38-32(24-40(34)30-19-9-6-10-20-30)36(3,4)28-16-12-14-26(22-28)33-37-31(35)23-39(33)29-17-7-5-8-18-29;1-3-13-29(14-4-1)23-11-7-9-21(17-23)28-32-26(20-34-28)30(15-5-2-6-16-30)24-12-8-10-22(18-24)27-31-25(29)19-33-27;1-25(2)19-11-7-9-17(13-19)24-28-22(16-30(24)6)26(3,4)20-12-8-10-18(14-20)23-27-21(25)15-29(23)5;;;/h5-21,23-24H,1-4H3;7-12,17,19-20H,1-6,13-16H2;7-13,15-16H,1-6H3;;;/q3*-1;;;. The van der Waals surface area contributed by atoms with Crippen molar-refractivity contribution in [3.8, 4) is 78.1 Å². The monoisotopic (exact) mass is 1980 g/mol. The van der Waals surface area contributed by atoms with Gasteiger partial charge in [0.1, 0.15) is 16.7 Å². The SMILES string of the molecule is CC1(C)c2[c-]c(ccc2)-c2nc(cn2-c2ccccc2)C(C)(C)c2cccc(c2)-c2nc1cn2-c1ccccc1.Cn1cc2nc1-c1[c-]c(ccc1)C(C)(C)c1cn(C)c(n1)-c1cccc(c1)C2(C)C.[Pt].[Pt].[Pt].[c-]1c2cccc1C1(CCCCC1)c1csc(n1)-c1cccc(c1)C1(CCCCC1)c1csc-2n1. The summed E-state index contributed by atoms with van der Waals surface area (Å²) in [5, 5.41) is 6.94. The molecule has 6 aromatic heterocycles. The summed E-state index contributed by atoms with van der Waals surface area (Å²) < 4.78 is 8.66. The van der Waals surface area contributed by atoms with Gasteiger partial charge in [0.25, 0.3) is 0 Å². The molecule has 550 valence electrons. The molecule has 15 heteroatoms. The van der Waals surface area contributed by atoms with Crippen molar-refractivity contribution in [2.45, 2.75) is 152 Å². The Morgan fingerprint density at radius 2 is 0.710 bits per heavy atom. The van der Waals surface area contributed by atoms with Gasteiger partial charge in [0.15, 0.2) is 0 Å². The maximum Gasteiger partial charge on any atom is 0.144 e. The van der Waals surface area contributed by atoms with Crippen molar-refractivity contribution in [1.82, 2.24) is 48.2 Å². The molecule has 2 saturated carbocycles. The Kier molecular flexibility index (Phi) is 21.0. The van der Waals surface area contributed by atoms with Gasteiger partial charge >= 0.3 is 0 Å². The van der Waals surface area contributed by atoms with Gasteiger partial charge in [0, 0.05) is 178 Å². The molecular weight excluding hydrogens is 1890 g/mol. The largest absolute Gasteiger partial charge is 0.373 e. The average molecular weight is 1980 g/mol. The van der Waals surface area contributed by atoms with Gasteiger partial charge in [-0.25, -0.2) is 15.0 Å². The van der Waals surface area contributed by atoms with Crippen LogP contribution < -0.4 is 0 Å². The van der Waals surface area contributed by atoms with Gasteiger partial charge in [-0.3, -0.25) is 19.5 Å². The van der Waals surface area contributed by atoms with Crippen LogP contribution in [-0.2, 0) is 110 Å². The Labute approximate surface area is 681 Å². The third-order valence-corrected chi connectivity index (χ3v) is 25.3. The minimum absolute atomic E-state index is 0. The second-order valence-corrected chi connectivity index (χ2v) is 33.2. The fraction of sp³-hybridized carbons (Fsp3) is 0.283. The molecule has 2 spiro atoms. The number of thiazole rings is 2. The quantitative estimate of drug-likeness (QED) is 0.160. The van der Waals surface area contributed by atoms with Gasteiger partial charge in [0.05, 0.1) is 45.8 Å². The number of hydrogen-bond acceptors (Lipinski definition) is 8. The van der Waals surface area contributed by atoms with E-state index in [1.807, 2.05) is 23.5 Å². The minimum atomic E-state index is -0.390. The zero-order valence-electron chi connectivity index (χ0n) is 62.2. The summed E-state index contributed by atoms with van der Waals surface area (Å²) >= 11 is 3.61. The van der Waals surface area contributed by atoms with E-state index < -0.39 is 5.41 Å². The molecule has 2 fully saturated rings. The molecule has 8 aromatic carbocycles. The number of nitrogens with zero attached hydrogens (tertiary/aromatic N) is 10. The third-order valence-electron chi connectivity index (χ3n) is 23.5. The molecule has 0 saturated heterocycles. The normalized spacial score (nSPS) is 16.5. The van der Waals surface area contributed by atoms with Crippen LogP contribution in [0.4, 0.5) is 0 Å². The molecule has 3 aliphatic heterocycles. The third kappa shape index (κ3) is 13.5. The van der Waals surface area contributed by atoms with Crippen LogP contribution in [0.3, 0.4) is 0 Å². The summed E-state index contributed by atoms with van der Waals surface area (Å²) in [6.45, 7) is 17.8. The average Bonchev–Trinajstić information content (AvgIpc) is 1.27. The summed E-state index contributed by atoms with van der Waals surface area (Å²) in [7, 11) is 4.13. The second-order valence-electron chi connectivity index (χ2n) is 31.5. The van der Waals surface area contributed by atoms with E-state index in [0.717, 1.165) is 119 Å². The number of benzene rings is 8. The number of hydrogen-bond donors (Lipinski definition) is 0. The Bertz CT molecular complexity index is 5200. The first-order valence-electron chi connectivity index (χ1n) is 37.0. The summed E-state index contributed by atoms with van der Waals surface area (Å²) in [5.74, 6) is 3.72. The summed E-state index contributed by atoms with van der Waals surface area (Å²) in [6, 6.07) is 78.3. The Hall–Kier alpha value is -8.08. The fourth-order valence-electron chi connectivity index (χ4n) is 16.7. The molecule has 0 N–H and O–H groups in total. The zero-order valence-corrected chi connectivity index (χ0v) is 70.6.